The summed E-state index contributed by atoms with van der Waals surface area (Å²) in [6.45, 7) is 4.48. The minimum absolute atomic E-state index is 0.420. The number of nitrogens with one attached hydrogen (secondary N) is 1. The highest BCUT2D eigenvalue weighted by molar-refractivity contribution is 5.74. The van der Waals surface area contributed by atoms with Gasteiger partial charge in [-0.15, -0.1) is 0 Å². The van der Waals surface area contributed by atoms with E-state index in [1.165, 1.54) is 38.5 Å². The van der Waals surface area contributed by atoms with Crippen LogP contribution in [-0.2, 0) is 0 Å². The van der Waals surface area contributed by atoms with Gasteiger partial charge in [0, 0.05) is 26.3 Å². The highest BCUT2D eigenvalue weighted by atomic mass is 16.5. The summed E-state index contributed by atoms with van der Waals surface area (Å²) in [4.78, 5) is 6.39. The summed E-state index contributed by atoms with van der Waals surface area (Å²) in [5, 5.41) is 3.57. The number of ether oxygens (including phenoxy) is 1. The Balaban J connectivity index is 2.60. The van der Waals surface area contributed by atoms with Gasteiger partial charge < -0.3 is 15.0 Å². The van der Waals surface area contributed by atoms with E-state index in [2.05, 4.69) is 29.0 Å². The lowest BCUT2D eigenvalue weighted by atomic mass is 10.1. The van der Waals surface area contributed by atoms with Crippen LogP contribution in [0.25, 0.3) is 0 Å². The summed E-state index contributed by atoms with van der Waals surface area (Å²) in [5.74, 6) is 0.666. The van der Waals surface area contributed by atoms with Gasteiger partial charge >= 0.3 is 0 Å². The molecule has 0 radical (unpaired) electrons. The smallest absolute Gasteiger partial charge is 0.239 e. The highest BCUT2D eigenvalue weighted by Crippen LogP contribution is 2.32. The summed E-state index contributed by atoms with van der Waals surface area (Å²) < 4.78 is 5.39. The first-order valence-electron chi connectivity index (χ1n) is 8.07. The van der Waals surface area contributed by atoms with Crippen molar-refractivity contribution < 1.29 is 4.74 Å². The molecule has 0 aliphatic rings. The lowest BCUT2D eigenvalue weighted by Gasteiger charge is -2.23. The average molecular weight is 293 g/mol. The van der Waals surface area contributed by atoms with Crippen LogP contribution in [0.3, 0.4) is 0 Å². The molecule has 1 atom stereocenters. The number of aromatic nitrogens is 1. The molecule has 0 fully saturated rings. The minimum Gasteiger partial charge on any atom is -0.479 e. The summed E-state index contributed by atoms with van der Waals surface area (Å²) in [6, 6.07) is 2.43. The lowest BCUT2D eigenvalue weighted by molar-refractivity contribution is 0.399. The van der Waals surface area contributed by atoms with Crippen LogP contribution in [0.1, 0.15) is 52.4 Å². The van der Waals surface area contributed by atoms with Crippen LogP contribution in [0.5, 0.6) is 5.88 Å². The second kappa shape index (κ2) is 9.48. The number of anilines is 2. The van der Waals surface area contributed by atoms with Crippen LogP contribution < -0.4 is 15.0 Å². The summed E-state index contributed by atoms with van der Waals surface area (Å²) in [6.07, 6.45) is 9.56. The maximum absolute atomic E-state index is 5.39. The van der Waals surface area contributed by atoms with Gasteiger partial charge in [-0.1, -0.05) is 39.0 Å². The van der Waals surface area contributed by atoms with Crippen molar-refractivity contribution in [2.45, 2.75) is 58.4 Å². The molecule has 1 rings (SSSR count). The molecule has 1 unspecified atom stereocenters. The predicted molar refractivity (Wildman–Crippen MR) is 91.6 cm³/mol. The molecule has 1 aromatic heterocycles. The number of hydrogen-bond donors (Lipinski definition) is 1. The van der Waals surface area contributed by atoms with Gasteiger partial charge in [-0.25, -0.2) is 4.98 Å². The van der Waals surface area contributed by atoms with Gasteiger partial charge in [-0.2, -0.15) is 0 Å². The normalized spacial score (nSPS) is 12.0. The monoisotopic (exact) mass is 293 g/mol. The van der Waals surface area contributed by atoms with E-state index in [-0.39, 0.29) is 0 Å². The average Bonchev–Trinajstić information content (AvgIpc) is 2.47. The Morgan fingerprint density at radius 1 is 1.24 bits per heavy atom. The molecule has 0 spiro atoms. The Morgan fingerprint density at radius 3 is 2.57 bits per heavy atom. The van der Waals surface area contributed by atoms with Crippen LogP contribution in [0, 0.1) is 0 Å². The predicted octanol–water partition coefficient (Wildman–Crippen LogP) is 4.32. The number of nitrogens with zero attached hydrogens (tertiary/aromatic N) is 2. The quantitative estimate of drug-likeness (QED) is 0.652. The highest BCUT2D eigenvalue weighted by Gasteiger charge is 2.14. The van der Waals surface area contributed by atoms with Crippen molar-refractivity contribution in [3.8, 4) is 5.88 Å². The molecule has 0 aliphatic heterocycles. The van der Waals surface area contributed by atoms with Crippen molar-refractivity contribution in [1.29, 1.82) is 0 Å². The van der Waals surface area contributed by atoms with E-state index in [4.69, 9.17) is 4.74 Å². The fraction of sp³-hybridized carbons (Fsp3) is 0.706. The Bertz CT molecular complexity index is 407. The second-order valence-corrected chi connectivity index (χ2v) is 5.86. The van der Waals surface area contributed by atoms with Gasteiger partial charge in [0.05, 0.1) is 12.8 Å². The summed E-state index contributed by atoms with van der Waals surface area (Å²) in [5.41, 5.74) is 2.10. The van der Waals surface area contributed by atoms with Crippen molar-refractivity contribution >= 4 is 11.4 Å². The fourth-order valence-electron chi connectivity index (χ4n) is 2.47. The van der Waals surface area contributed by atoms with Gasteiger partial charge in [0.25, 0.3) is 0 Å². The van der Waals surface area contributed by atoms with E-state index in [9.17, 15) is 0 Å². The van der Waals surface area contributed by atoms with E-state index in [0.29, 0.717) is 11.9 Å². The van der Waals surface area contributed by atoms with Gasteiger partial charge in [0.15, 0.2) is 0 Å². The maximum Gasteiger partial charge on any atom is 0.239 e. The van der Waals surface area contributed by atoms with Crippen molar-refractivity contribution in [2.75, 3.05) is 31.4 Å². The number of methoxy groups -OCH3 is 1. The third-order valence-electron chi connectivity index (χ3n) is 3.70. The zero-order valence-corrected chi connectivity index (χ0v) is 14.3. The number of hydrogen-bond acceptors (Lipinski definition) is 4. The van der Waals surface area contributed by atoms with E-state index >= 15 is 0 Å². The Kier molecular flexibility index (Phi) is 7.95. The molecule has 120 valence electrons. The Morgan fingerprint density at radius 2 is 1.95 bits per heavy atom. The lowest BCUT2D eigenvalue weighted by Crippen LogP contribution is -2.19. The summed E-state index contributed by atoms with van der Waals surface area (Å²) >= 11 is 0. The van der Waals surface area contributed by atoms with Crippen molar-refractivity contribution in [2.24, 2.45) is 0 Å². The Hall–Kier alpha value is -1.45. The van der Waals surface area contributed by atoms with Gasteiger partial charge in [0.2, 0.25) is 5.88 Å². The molecule has 0 aromatic carbocycles. The Labute approximate surface area is 129 Å². The minimum atomic E-state index is 0.420. The molecule has 0 bridgehead atoms. The van der Waals surface area contributed by atoms with Crippen LogP contribution in [0.4, 0.5) is 11.4 Å². The maximum atomic E-state index is 5.39. The third-order valence-corrected chi connectivity index (χ3v) is 3.70. The topological polar surface area (TPSA) is 37.4 Å². The molecule has 4 heteroatoms. The molecule has 1 N–H and O–H groups in total. The van der Waals surface area contributed by atoms with Crippen molar-refractivity contribution in [3.63, 3.8) is 0 Å². The zero-order valence-electron chi connectivity index (χ0n) is 14.3. The SMILES string of the molecule is CCCCCCCC(C)Nc1c(N(C)C)ccnc1OC. The molecule has 0 amide bonds. The fourth-order valence-corrected chi connectivity index (χ4v) is 2.47. The number of rotatable bonds is 10. The summed E-state index contributed by atoms with van der Waals surface area (Å²) in [7, 11) is 5.74. The molecule has 0 saturated heterocycles. The van der Waals surface area contributed by atoms with Crippen LogP contribution in [-0.4, -0.2) is 32.2 Å². The molecule has 21 heavy (non-hydrogen) atoms. The van der Waals surface area contributed by atoms with Crippen molar-refractivity contribution in [1.82, 2.24) is 4.98 Å². The molecular formula is C17H31N3O. The standard InChI is InChI=1S/C17H31N3O/c1-6-7-8-9-10-11-14(2)19-16-15(20(3)4)12-13-18-17(16)21-5/h12-14,19H,6-11H2,1-5H3. The first kappa shape index (κ1) is 17.6. The van der Waals surface area contributed by atoms with E-state index in [0.717, 1.165) is 11.4 Å². The largest absolute Gasteiger partial charge is 0.479 e. The van der Waals surface area contributed by atoms with E-state index in [1.54, 1.807) is 13.3 Å². The molecule has 1 heterocycles. The van der Waals surface area contributed by atoms with Gasteiger partial charge in [0.1, 0.15) is 5.69 Å². The van der Waals surface area contributed by atoms with Crippen LogP contribution in [0.15, 0.2) is 12.3 Å². The van der Waals surface area contributed by atoms with Gasteiger partial charge in [-0.3, -0.25) is 0 Å². The van der Waals surface area contributed by atoms with Crippen molar-refractivity contribution in [3.05, 3.63) is 12.3 Å². The van der Waals surface area contributed by atoms with Crippen LogP contribution >= 0.6 is 0 Å². The van der Waals surface area contributed by atoms with Crippen LogP contribution in [0.2, 0.25) is 0 Å². The molecule has 0 aliphatic carbocycles. The van der Waals surface area contributed by atoms with E-state index < -0.39 is 0 Å². The third kappa shape index (κ3) is 5.82. The molecule has 4 nitrogen and oxygen atoms in total. The molecular weight excluding hydrogens is 262 g/mol. The first-order chi connectivity index (χ1) is 10.1. The van der Waals surface area contributed by atoms with Gasteiger partial charge in [-0.05, 0) is 19.4 Å². The molecule has 1 aromatic rings. The second-order valence-electron chi connectivity index (χ2n) is 5.86. The van der Waals surface area contributed by atoms with E-state index in [1.807, 2.05) is 20.2 Å². The number of unbranched alkanes of at least 4 members (excludes halogenated alkanes) is 4. The zero-order chi connectivity index (χ0) is 15.7. The first-order valence-corrected chi connectivity index (χ1v) is 8.07. The molecule has 0 saturated carbocycles. The number of pyridine rings is 1.